The first kappa shape index (κ1) is 25.5. The second kappa shape index (κ2) is 12.9. The smallest absolute Gasteiger partial charge is 0.256 e. The number of benzene rings is 2. The lowest BCUT2D eigenvalue weighted by Gasteiger charge is -2.19. The first-order valence-electron chi connectivity index (χ1n) is 10.8. The maximum atomic E-state index is 12.0. The minimum atomic E-state index is -0.753. The van der Waals surface area contributed by atoms with Crippen molar-refractivity contribution in [2.45, 2.75) is 18.6 Å². The van der Waals surface area contributed by atoms with Crippen molar-refractivity contribution in [1.82, 2.24) is 15.6 Å². The van der Waals surface area contributed by atoms with E-state index in [1.54, 1.807) is 61.8 Å². The molecular formula is C25H28ClN3O5. The summed E-state index contributed by atoms with van der Waals surface area (Å²) in [4.78, 5) is 16.1. The molecule has 0 spiro atoms. The number of aromatic nitrogens is 1. The Morgan fingerprint density at radius 2 is 1.91 bits per heavy atom. The maximum absolute atomic E-state index is 12.0. The quantitative estimate of drug-likeness (QED) is 0.312. The van der Waals surface area contributed by atoms with Gasteiger partial charge in [0.15, 0.2) is 0 Å². The van der Waals surface area contributed by atoms with Crippen LogP contribution in [0.15, 0.2) is 66.9 Å². The SMILES string of the molecule is CNC(=O)c1cccnc1Oc1ccc(C[C@@H](CO)NC[C@H](O)COc2cccc(Cl)c2)cc1. The van der Waals surface area contributed by atoms with Crippen LogP contribution in [0.2, 0.25) is 5.02 Å². The maximum Gasteiger partial charge on any atom is 0.256 e. The highest BCUT2D eigenvalue weighted by Crippen LogP contribution is 2.23. The van der Waals surface area contributed by atoms with E-state index in [0.717, 1.165) is 5.56 Å². The van der Waals surface area contributed by atoms with E-state index in [2.05, 4.69) is 15.6 Å². The minimum Gasteiger partial charge on any atom is -0.491 e. The van der Waals surface area contributed by atoms with E-state index in [1.807, 2.05) is 12.1 Å². The van der Waals surface area contributed by atoms with Gasteiger partial charge in [-0.1, -0.05) is 29.8 Å². The van der Waals surface area contributed by atoms with E-state index >= 15 is 0 Å². The fraction of sp³-hybridized carbons (Fsp3) is 0.280. The monoisotopic (exact) mass is 485 g/mol. The molecule has 8 nitrogen and oxygen atoms in total. The summed E-state index contributed by atoms with van der Waals surface area (Å²) in [6.07, 6.45) is 1.35. The van der Waals surface area contributed by atoms with E-state index in [1.165, 1.54) is 0 Å². The van der Waals surface area contributed by atoms with E-state index < -0.39 is 6.10 Å². The number of carbonyl (C=O) groups excluding carboxylic acids is 1. The minimum absolute atomic E-state index is 0.0937. The number of pyridine rings is 1. The first-order valence-corrected chi connectivity index (χ1v) is 11.2. The van der Waals surface area contributed by atoms with E-state index in [4.69, 9.17) is 21.1 Å². The molecule has 0 aliphatic heterocycles. The van der Waals surface area contributed by atoms with Gasteiger partial charge in [-0.2, -0.15) is 0 Å². The Hall–Kier alpha value is -3.17. The lowest BCUT2D eigenvalue weighted by Crippen LogP contribution is -2.41. The summed E-state index contributed by atoms with van der Waals surface area (Å²) in [7, 11) is 1.55. The van der Waals surface area contributed by atoms with Gasteiger partial charge >= 0.3 is 0 Å². The zero-order chi connectivity index (χ0) is 24.3. The highest BCUT2D eigenvalue weighted by atomic mass is 35.5. The number of ether oxygens (including phenoxy) is 2. The summed E-state index contributed by atoms with van der Waals surface area (Å²) in [6, 6.07) is 17.3. The average molecular weight is 486 g/mol. The van der Waals surface area contributed by atoms with Crippen LogP contribution in [-0.4, -0.2) is 60.1 Å². The molecule has 0 saturated heterocycles. The molecular weight excluding hydrogens is 458 g/mol. The molecule has 0 aliphatic carbocycles. The van der Waals surface area contributed by atoms with Crippen LogP contribution in [0.5, 0.6) is 17.4 Å². The van der Waals surface area contributed by atoms with Crippen LogP contribution in [0.3, 0.4) is 0 Å². The first-order chi connectivity index (χ1) is 16.5. The Kier molecular flexibility index (Phi) is 9.66. The molecule has 34 heavy (non-hydrogen) atoms. The standard InChI is InChI=1S/C25H28ClN3O5/c1-27-24(32)23-6-3-11-28-25(23)34-21-9-7-17(8-10-21)12-19(15-30)29-14-20(31)16-33-22-5-2-4-18(26)13-22/h2-11,13,19-20,29-31H,12,14-16H2,1H3,(H,27,32)/t19-,20-/m0/s1. The number of amides is 1. The molecule has 4 N–H and O–H groups in total. The van der Waals surface area contributed by atoms with Crippen LogP contribution in [0, 0.1) is 0 Å². The normalized spacial score (nSPS) is 12.6. The molecule has 1 amide bonds. The molecule has 0 radical (unpaired) electrons. The van der Waals surface area contributed by atoms with Crippen LogP contribution in [-0.2, 0) is 6.42 Å². The number of rotatable bonds is 12. The molecule has 3 rings (SSSR count). The van der Waals surface area contributed by atoms with Crippen LogP contribution >= 0.6 is 11.6 Å². The molecule has 0 fully saturated rings. The number of hydrogen-bond acceptors (Lipinski definition) is 7. The van der Waals surface area contributed by atoms with Gasteiger partial charge in [-0.15, -0.1) is 0 Å². The Morgan fingerprint density at radius 1 is 1.12 bits per heavy atom. The second-order valence-corrected chi connectivity index (χ2v) is 8.03. The summed E-state index contributed by atoms with van der Waals surface area (Å²) in [6.45, 7) is 0.265. The Labute approximate surface area is 203 Å². The van der Waals surface area contributed by atoms with Gasteiger partial charge in [-0.05, 0) is 54.4 Å². The van der Waals surface area contributed by atoms with Crippen molar-refractivity contribution < 1.29 is 24.5 Å². The molecule has 180 valence electrons. The molecule has 0 saturated carbocycles. The second-order valence-electron chi connectivity index (χ2n) is 7.60. The largest absolute Gasteiger partial charge is 0.491 e. The predicted molar refractivity (Wildman–Crippen MR) is 130 cm³/mol. The van der Waals surface area contributed by atoms with Gasteiger partial charge in [-0.25, -0.2) is 4.98 Å². The van der Waals surface area contributed by atoms with E-state index in [0.29, 0.717) is 28.5 Å². The summed E-state index contributed by atoms with van der Waals surface area (Å²) in [5.41, 5.74) is 1.31. The number of halogens is 1. The van der Waals surface area contributed by atoms with Crippen LogP contribution in [0.4, 0.5) is 0 Å². The number of carbonyl (C=O) groups is 1. The Morgan fingerprint density at radius 3 is 2.62 bits per heavy atom. The summed E-state index contributed by atoms with van der Waals surface area (Å²) < 4.78 is 11.3. The molecule has 2 atom stereocenters. The predicted octanol–water partition coefficient (Wildman–Crippen LogP) is 2.82. The molecule has 2 aromatic carbocycles. The average Bonchev–Trinajstić information content (AvgIpc) is 2.86. The van der Waals surface area contributed by atoms with Gasteiger partial charge < -0.3 is 30.3 Å². The third-order valence-electron chi connectivity index (χ3n) is 4.96. The highest BCUT2D eigenvalue weighted by molar-refractivity contribution is 6.30. The lowest BCUT2D eigenvalue weighted by molar-refractivity contribution is 0.0960. The van der Waals surface area contributed by atoms with E-state index in [-0.39, 0.29) is 37.6 Å². The van der Waals surface area contributed by atoms with Crippen molar-refractivity contribution in [3.8, 4) is 17.4 Å². The van der Waals surface area contributed by atoms with Crippen molar-refractivity contribution >= 4 is 17.5 Å². The van der Waals surface area contributed by atoms with Gasteiger partial charge in [-0.3, -0.25) is 4.79 Å². The lowest BCUT2D eigenvalue weighted by atomic mass is 10.1. The molecule has 3 aromatic rings. The molecule has 0 bridgehead atoms. The van der Waals surface area contributed by atoms with Crippen LogP contribution < -0.4 is 20.1 Å². The summed E-state index contributed by atoms with van der Waals surface area (Å²) in [5, 5.41) is 26.2. The van der Waals surface area contributed by atoms with Gasteiger partial charge in [0, 0.05) is 30.9 Å². The van der Waals surface area contributed by atoms with Crippen LogP contribution in [0.25, 0.3) is 0 Å². The van der Waals surface area contributed by atoms with Crippen molar-refractivity contribution in [1.29, 1.82) is 0 Å². The zero-order valence-corrected chi connectivity index (χ0v) is 19.5. The van der Waals surface area contributed by atoms with Crippen molar-refractivity contribution in [3.63, 3.8) is 0 Å². The van der Waals surface area contributed by atoms with Crippen molar-refractivity contribution in [2.24, 2.45) is 0 Å². The van der Waals surface area contributed by atoms with Gasteiger partial charge in [0.1, 0.15) is 29.8 Å². The van der Waals surface area contributed by atoms with Gasteiger partial charge in [0.25, 0.3) is 5.91 Å². The number of hydrogen-bond donors (Lipinski definition) is 4. The van der Waals surface area contributed by atoms with Crippen molar-refractivity contribution in [2.75, 3.05) is 26.8 Å². The topological polar surface area (TPSA) is 113 Å². The number of aliphatic hydroxyl groups is 2. The number of aliphatic hydroxyl groups excluding tert-OH is 2. The number of nitrogens with zero attached hydrogens (tertiary/aromatic N) is 1. The summed E-state index contributed by atoms with van der Waals surface area (Å²) in [5.74, 6) is 1.06. The van der Waals surface area contributed by atoms with Gasteiger partial charge in [0.2, 0.25) is 5.88 Å². The number of nitrogens with one attached hydrogen (secondary N) is 2. The molecule has 0 aliphatic rings. The Balaban J connectivity index is 1.49. The third-order valence-corrected chi connectivity index (χ3v) is 5.20. The fourth-order valence-corrected chi connectivity index (χ4v) is 3.36. The molecule has 0 unspecified atom stereocenters. The summed E-state index contributed by atoms with van der Waals surface area (Å²) >= 11 is 5.92. The Bertz CT molecular complexity index is 1060. The fourth-order valence-electron chi connectivity index (χ4n) is 3.18. The van der Waals surface area contributed by atoms with Crippen molar-refractivity contribution in [3.05, 3.63) is 83.0 Å². The van der Waals surface area contributed by atoms with Crippen LogP contribution in [0.1, 0.15) is 15.9 Å². The molecule has 9 heteroatoms. The van der Waals surface area contributed by atoms with Gasteiger partial charge in [0.05, 0.1) is 6.61 Å². The highest BCUT2D eigenvalue weighted by Gasteiger charge is 2.14. The molecule has 1 heterocycles. The molecule has 1 aromatic heterocycles. The third kappa shape index (κ3) is 7.71. The van der Waals surface area contributed by atoms with E-state index in [9.17, 15) is 15.0 Å². The zero-order valence-electron chi connectivity index (χ0n) is 18.8.